The summed E-state index contributed by atoms with van der Waals surface area (Å²) in [5.74, 6) is 0.560. The fourth-order valence-corrected chi connectivity index (χ4v) is 4.20. The van der Waals surface area contributed by atoms with E-state index in [0.717, 1.165) is 35.3 Å². The fraction of sp³-hybridized carbons (Fsp3) is 0.346. The molecule has 0 aliphatic carbocycles. The second-order valence-electron chi connectivity index (χ2n) is 8.47. The molecule has 0 radical (unpaired) electrons. The maximum Gasteiger partial charge on any atom is 0.318 e. The monoisotopic (exact) mass is 401 g/mol. The van der Waals surface area contributed by atoms with Crippen LogP contribution in [0.1, 0.15) is 55.6 Å². The first-order valence-corrected chi connectivity index (χ1v) is 11.0. The minimum Gasteiger partial charge on any atom is -0.338 e. The number of aryl methyl sites for hydroxylation is 1. The summed E-state index contributed by atoms with van der Waals surface area (Å²) in [4.78, 5) is 15.4. The Morgan fingerprint density at radius 1 is 1.07 bits per heavy atom. The van der Waals surface area contributed by atoms with Gasteiger partial charge in [-0.3, -0.25) is 0 Å². The van der Waals surface area contributed by atoms with Crippen LogP contribution in [0.2, 0.25) is 0 Å². The molecular weight excluding hydrogens is 370 g/mol. The maximum atomic E-state index is 13.4. The molecule has 2 heterocycles. The van der Waals surface area contributed by atoms with Gasteiger partial charge in [-0.1, -0.05) is 63.2 Å². The molecule has 1 aromatic heterocycles. The smallest absolute Gasteiger partial charge is 0.318 e. The average Bonchev–Trinajstić information content (AvgIpc) is 3.18. The summed E-state index contributed by atoms with van der Waals surface area (Å²) in [6.07, 6.45) is 4.08. The standard InChI is InChI=1S/C26H31N3O/c1-4-20-11-13-21(14-12-20)25-24-10-7-17-28(24)23-9-6-5-8-22(23)18-29(25)26(30)27-16-15-19(2)3/h5-14,17,19,25H,4,15-16,18H2,1-3H3,(H,27,30). The van der Waals surface area contributed by atoms with Crippen LogP contribution in [0.3, 0.4) is 0 Å². The van der Waals surface area contributed by atoms with Gasteiger partial charge in [0.05, 0.1) is 18.3 Å². The Bertz CT molecular complexity index is 1000. The molecule has 156 valence electrons. The maximum absolute atomic E-state index is 13.4. The van der Waals surface area contributed by atoms with Crippen LogP contribution >= 0.6 is 0 Å². The largest absolute Gasteiger partial charge is 0.338 e. The number of nitrogens with zero attached hydrogens (tertiary/aromatic N) is 2. The number of benzene rings is 2. The SMILES string of the molecule is CCc1ccc(C2c3cccn3-c3ccccc3CN2C(=O)NCCC(C)C)cc1. The minimum absolute atomic E-state index is 0.00956. The lowest BCUT2D eigenvalue weighted by molar-refractivity contribution is 0.180. The van der Waals surface area contributed by atoms with Crippen molar-refractivity contribution in [2.45, 2.75) is 46.2 Å². The van der Waals surface area contributed by atoms with E-state index in [4.69, 9.17) is 0 Å². The van der Waals surface area contributed by atoms with Crippen LogP contribution < -0.4 is 5.32 Å². The predicted octanol–water partition coefficient (Wildman–Crippen LogP) is 5.70. The van der Waals surface area contributed by atoms with E-state index in [1.807, 2.05) is 11.0 Å². The van der Waals surface area contributed by atoms with Crippen molar-refractivity contribution in [1.82, 2.24) is 14.8 Å². The Kier molecular flexibility index (Phi) is 5.93. The number of aromatic nitrogens is 1. The number of amides is 2. The van der Waals surface area contributed by atoms with Crippen LogP contribution in [0.5, 0.6) is 0 Å². The molecule has 4 rings (SSSR count). The van der Waals surface area contributed by atoms with Crippen molar-refractivity contribution in [2.24, 2.45) is 5.92 Å². The quantitative estimate of drug-likeness (QED) is 0.585. The molecule has 4 nitrogen and oxygen atoms in total. The number of rotatable bonds is 5. The lowest BCUT2D eigenvalue weighted by Gasteiger charge is -2.31. The van der Waals surface area contributed by atoms with Crippen molar-refractivity contribution >= 4 is 6.03 Å². The van der Waals surface area contributed by atoms with E-state index >= 15 is 0 Å². The first-order valence-electron chi connectivity index (χ1n) is 11.0. The normalized spacial score (nSPS) is 15.5. The van der Waals surface area contributed by atoms with Gasteiger partial charge < -0.3 is 14.8 Å². The Labute approximate surface area is 179 Å². The molecular formula is C26H31N3O. The van der Waals surface area contributed by atoms with Crippen LogP contribution in [0, 0.1) is 5.92 Å². The molecule has 0 bridgehead atoms. The highest BCUT2D eigenvalue weighted by Crippen LogP contribution is 2.36. The van der Waals surface area contributed by atoms with E-state index in [1.165, 1.54) is 5.56 Å². The summed E-state index contributed by atoms with van der Waals surface area (Å²) in [7, 11) is 0. The van der Waals surface area contributed by atoms with Crippen LogP contribution in [-0.2, 0) is 13.0 Å². The van der Waals surface area contributed by atoms with Gasteiger partial charge in [0, 0.05) is 18.4 Å². The minimum atomic E-state index is -0.141. The van der Waals surface area contributed by atoms with E-state index in [9.17, 15) is 4.79 Å². The number of carbonyl (C=O) groups is 1. The number of nitrogens with one attached hydrogen (secondary N) is 1. The highest BCUT2D eigenvalue weighted by Gasteiger charge is 2.32. The first kappa shape index (κ1) is 20.3. The van der Waals surface area contributed by atoms with Crippen LogP contribution in [0.15, 0.2) is 66.9 Å². The first-order chi connectivity index (χ1) is 14.6. The van der Waals surface area contributed by atoms with Gasteiger partial charge in [-0.25, -0.2) is 4.79 Å². The number of hydrogen-bond acceptors (Lipinski definition) is 1. The summed E-state index contributed by atoms with van der Waals surface area (Å²) in [5, 5.41) is 3.17. The Hall–Kier alpha value is -3.01. The van der Waals surface area contributed by atoms with Gasteiger partial charge in [-0.05, 0) is 53.6 Å². The van der Waals surface area contributed by atoms with Gasteiger partial charge >= 0.3 is 6.03 Å². The van der Waals surface area contributed by atoms with Crippen LogP contribution in [0.4, 0.5) is 4.79 Å². The number of para-hydroxylation sites is 1. The van der Waals surface area contributed by atoms with E-state index in [-0.39, 0.29) is 12.1 Å². The molecule has 1 atom stereocenters. The average molecular weight is 402 g/mol. The van der Waals surface area contributed by atoms with Gasteiger partial charge in [0.2, 0.25) is 0 Å². The summed E-state index contributed by atoms with van der Waals surface area (Å²) >= 11 is 0. The van der Waals surface area contributed by atoms with E-state index in [1.54, 1.807) is 0 Å². The molecule has 30 heavy (non-hydrogen) atoms. The molecule has 2 amide bonds. The summed E-state index contributed by atoms with van der Waals surface area (Å²) in [6, 6.07) is 21.1. The lowest BCUT2D eigenvalue weighted by Crippen LogP contribution is -2.42. The van der Waals surface area contributed by atoms with Crippen LogP contribution in [0.25, 0.3) is 5.69 Å². The number of fused-ring (bicyclic) bond motifs is 3. The molecule has 0 saturated heterocycles. The topological polar surface area (TPSA) is 37.3 Å². The highest BCUT2D eigenvalue weighted by molar-refractivity contribution is 5.76. The predicted molar refractivity (Wildman–Crippen MR) is 122 cm³/mol. The zero-order valence-electron chi connectivity index (χ0n) is 18.1. The second-order valence-corrected chi connectivity index (χ2v) is 8.47. The Balaban J connectivity index is 1.77. The molecule has 3 aromatic rings. The third kappa shape index (κ3) is 4.00. The van der Waals surface area contributed by atoms with Gasteiger partial charge in [0.1, 0.15) is 0 Å². The van der Waals surface area contributed by atoms with Gasteiger partial charge in [0.25, 0.3) is 0 Å². The number of urea groups is 1. The molecule has 0 spiro atoms. The molecule has 0 fully saturated rings. The van der Waals surface area contributed by atoms with Crippen molar-refractivity contribution in [3.63, 3.8) is 0 Å². The van der Waals surface area contributed by atoms with Crippen molar-refractivity contribution in [2.75, 3.05) is 6.54 Å². The molecule has 1 aliphatic heterocycles. The van der Waals surface area contributed by atoms with E-state index < -0.39 is 0 Å². The summed E-state index contributed by atoms with van der Waals surface area (Å²) in [5.41, 5.74) is 5.85. The van der Waals surface area contributed by atoms with Gasteiger partial charge in [0.15, 0.2) is 0 Å². The third-order valence-corrected chi connectivity index (χ3v) is 5.93. The number of carbonyl (C=O) groups excluding carboxylic acids is 1. The van der Waals surface area contributed by atoms with E-state index in [0.29, 0.717) is 19.0 Å². The fourth-order valence-electron chi connectivity index (χ4n) is 4.20. The Morgan fingerprint density at radius 2 is 1.83 bits per heavy atom. The van der Waals surface area contributed by atoms with Gasteiger partial charge in [-0.15, -0.1) is 0 Å². The Morgan fingerprint density at radius 3 is 2.57 bits per heavy atom. The third-order valence-electron chi connectivity index (χ3n) is 5.93. The molecule has 1 aliphatic rings. The van der Waals surface area contributed by atoms with E-state index in [2.05, 4.69) is 91.4 Å². The molecule has 1 unspecified atom stereocenters. The van der Waals surface area contributed by atoms with Crippen molar-refractivity contribution in [3.05, 3.63) is 89.2 Å². The lowest BCUT2D eigenvalue weighted by atomic mass is 10.00. The molecule has 1 N–H and O–H groups in total. The number of hydrogen-bond donors (Lipinski definition) is 1. The van der Waals surface area contributed by atoms with Crippen molar-refractivity contribution in [1.29, 1.82) is 0 Å². The zero-order valence-corrected chi connectivity index (χ0v) is 18.1. The highest BCUT2D eigenvalue weighted by atomic mass is 16.2. The molecule has 4 heteroatoms. The second kappa shape index (κ2) is 8.78. The van der Waals surface area contributed by atoms with Crippen molar-refractivity contribution in [3.8, 4) is 5.69 Å². The summed E-state index contributed by atoms with van der Waals surface area (Å²) < 4.78 is 2.23. The molecule has 2 aromatic carbocycles. The summed E-state index contributed by atoms with van der Waals surface area (Å²) in [6.45, 7) is 7.79. The van der Waals surface area contributed by atoms with Gasteiger partial charge in [-0.2, -0.15) is 0 Å². The molecule has 0 saturated carbocycles. The van der Waals surface area contributed by atoms with Crippen molar-refractivity contribution < 1.29 is 4.79 Å². The van der Waals surface area contributed by atoms with Crippen LogP contribution in [-0.4, -0.2) is 22.0 Å². The zero-order chi connectivity index (χ0) is 21.1.